The number of hydrogen-bond acceptors (Lipinski definition) is 6. The Balaban J connectivity index is 1.67. The van der Waals surface area contributed by atoms with E-state index >= 15 is 0 Å². The molecule has 0 spiro atoms. The van der Waals surface area contributed by atoms with E-state index in [0.717, 1.165) is 0 Å². The largest absolute Gasteiger partial charge is 0.497 e. The lowest BCUT2D eigenvalue weighted by Gasteiger charge is -2.38. The molecule has 0 saturated carbocycles. The third-order valence-corrected chi connectivity index (χ3v) is 6.12. The maximum absolute atomic E-state index is 14.6. The average Bonchev–Trinajstić information content (AvgIpc) is 2.86. The molecule has 9 heteroatoms. The van der Waals surface area contributed by atoms with Gasteiger partial charge in [0.15, 0.2) is 5.78 Å². The number of piperazine rings is 1. The van der Waals surface area contributed by atoms with Gasteiger partial charge in [-0.3, -0.25) is 14.4 Å². The van der Waals surface area contributed by atoms with E-state index in [1.807, 2.05) is 18.7 Å². The SMILES string of the molecule is COc1cc(OC)cc(C(=O)N[C@H](C(=O)N2CCN(c3ccc(C(C)=O)cc3F)CC2)C(C)C)c1. The van der Waals surface area contributed by atoms with Crippen LogP contribution in [0.15, 0.2) is 36.4 Å². The highest BCUT2D eigenvalue weighted by Gasteiger charge is 2.31. The van der Waals surface area contributed by atoms with Crippen LogP contribution in [-0.2, 0) is 4.79 Å². The Labute approximate surface area is 205 Å². The van der Waals surface area contributed by atoms with E-state index in [2.05, 4.69) is 5.32 Å². The van der Waals surface area contributed by atoms with Crippen LogP contribution in [0.25, 0.3) is 0 Å². The molecule has 1 heterocycles. The number of rotatable bonds is 8. The van der Waals surface area contributed by atoms with Gasteiger partial charge in [-0.1, -0.05) is 13.8 Å². The second-order valence-electron chi connectivity index (χ2n) is 8.83. The van der Waals surface area contributed by atoms with E-state index < -0.39 is 17.8 Å². The van der Waals surface area contributed by atoms with Crippen LogP contribution in [-0.4, -0.2) is 68.9 Å². The number of hydrogen-bond donors (Lipinski definition) is 1. The first-order chi connectivity index (χ1) is 16.6. The molecule has 0 bridgehead atoms. The fourth-order valence-electron chi connectivity index (χ4n) is 4.02. The zero-order valence-corrected chi connectivity index (χ0v) is 20.8. The van der Waals surface area contributed by atoms with Crippen LogP contribution in [0.5, 0.6) is 11.5 Å². The Morgan fingerprint density at radius 3 is 2.00 bits per heavy atom. The van der Waals surface area contributed by atoms with Crippen LogP contribution in [0.1, 0.15) is 41.5 Å². The van der Waals surface area contributed by atoms with Gasteiger partial charge >= 0.3 is 0 Å². The number of halogens is 1. The Kier molecular flexibility index (Phi) is 8.32. The molecule has 1 atom stereocenters. The predicted molar refractivity (Wildman–Crippen MR) is 131 cm³/mol. The van der Waals surface area contributed by atoms with Gasteiger partial charge in [0.2, 0.25) is 5.91 Å². The molecule has 2 aromatic carbocycles. The molecule has 0 unspecified atom stereocenters. The number of ketones is 1. The number of carbonyl (C=O) groups is 3. The van der Waals surface area contributed by atoms with Crippen LogP contribution in [0, 0.1) is 11.7 Å². The van der Waals surface area contributed by atoms with Gasteiger partial charge < -0.3 is 24.6 Å². The molecule has 8 nitrogen and oxygen atoms in total. The van der Waals surface area contributed by atoms with E-state index in [9.17, 15) is 18.8 Å². The summed E-state index contributed by atoms with van der Waals surface area (Å²) < 4.78 is 25.0. The van der Waals surface area contributed by atoms with Gasteiger partial charge in [-0.25, -0.2) is 4.39 Å². The van der Waals surface area contributed by atoms with Crippen molar-refractivity contribution in [3.63, 3.8) is 0 Å². The fraction of sp³-hybridized carbons (Fsp3) is 0.423. The molecule has 35 heavy (non-hydrogen) atoms. The van der Waals surface area contributed by atoms with Crippen molar-refractivity contribution >= 4 is 23.3 Å². The third-order valence-electron chi connectivity index (χ3n) is 6.12. The van der Waals surface area contributed by atoms with Crippen molar-refractivity contribution in [2.45, 2.75) is 26.8 Å². The van der Waals surface area contributed by atoms with Crippen LogP contribution < -0.4 is 19.7 Å². The molecule has 0 aliphatic carbocycles. The van der Waals surface area contributed by atoms with Crippen LogP contribution in [0.2, 0.25) is 0 Å². The Bertz CT molecular complexity index is 1070. The first kappa shape index (κ1) is 26.0. The number of amides is 2. The smallest absolute Gasteiger partial charge is 0.252 e. The van der Waals surface area contributed by atoms with E-state index in [4.69, 9.17) is 9.47 Å². The van der Waals surface area contributed by atoms with Crippen LogP contribution in [0.4, 0.5) is 10.1 Å². The molecule has 1 aliphatic rings. The molecule has 1 fully saturated rings. The quantitative estimate of drug-likeness (QED) is 0.578. The summed E-state index contributed by atoms with van der Waals surface area (Å²) in [5.74, 6) is -0.439. The molecular formula is C26H32FN3O5. The first-order valence-electron chi connectivity index (χ1n) is 11.5. The second-order valence-corrected chi connectivity index (χ2v) is 8.83. The lowest BCUT2D eigenvalue weighted by atomic mass is 10.0. The highest BCUT2D eigenvalue weighted by atomic mass is 19.1. The summed E-state index contributed by atoms with van der Waals surface area (Å²) in [5.41, 5.74) is 1.06. The average molecular weight is 486 g/mol. The van der Waals surface area contributed by atoms with Crippen molar-refractivity contribution in [2.24, 2.45) is 5.92 Å². The third kappa shape index (κ3) is 6.09. The van der Waals surface area contributed by atoms with Crippen molar-refractivity contribution < 1.29 is 28.2 Å². The zero-order valence-electron chi connectivity index (χ0n) is 20.8. The van der Waals surface area contributed by atoms with E-state index in [1.54, 1.807) is 35.2 Å². The summed E-state index contributed by atoms with van der Waals surface area (Å²) >= 11 is 0. The summed E-state index contributed by atoms with van der Waals surface area (Å²) in [6.45, 7) is 6.79. The summed E-state index contributed by atoms with van der Waals surface area (Å²) in [5, 5.41) is 2.85. The number of ether oxygens (including phenoxy) is 2. The van der Waals surface area contributed by atoms with Gasteiger partial charge in [-0.15, -0.1) is 0 Å². The van der Waals surface area contributed by atoms with E-state index in [0.29, 0.717) is 54.5 Å². The molecule has 1 aliphatic heterocycles. The van der Waals surface area contributed by atoms with Gasteiger partial charge in [0.05, 0.1) is 19.9 Å². The maximum Gasteiger partial charge on any atom is 0.252 e. The molecule has 1 saturated heterocycles. The highest BCUT2D eigenvalue weighted by Crippen LogP contribution is 2.24. The van der Waals surface area contributed by atoms with Crippen molar-refractivity contribution in [3.05, 3.63) is 53.3 Å². The monoisotopic (exact) mass is 485 g/mol. The topological polar surface area (TPSA) is 88.2 Å². The Morgan fingerprint density at radius 1 is 0.914 bits per heavy atom. The normalized spacial score (nSPS) is 14.5. The van der Waals surface area contributed by atoms with Crippen LogP contribution >= 0.6 is 0 Å². The van der Waals surface area contributed by atoms with Crippen molar-refractivity contribution in [3.8, 4) is 11.5 Å². The minimum atomic E-state index is -0.724. The van der Waals surface area contributed by atoms with Gasteiger partial charge in [0.25, 0.3) is 5.91 Å². The van der Waals surface area contributed by atoms with Crippen molar-refractivity contribution in [1.29, 1.82) is 0 Å². The molecular weight excluding hydrogens is 453 g/mol. The molecule has 0 aromatic heterocycles. The van der Waals surface area contributed by atoms with Crippen molar-refractivity contribution in [1.82, 2.24) is 10.2 Å². The number of carbonyl (C=O) groups excluding carboxylic acids is 3. The summed E-state index contributed by atoms with van der Waals surface area (Å²) in [6.07, 6.45) is 0. The van der Waals surface area contributed by atoms with Gasteiger partial charge in [-0.05, 0) is 43.2 Å². The number of nitrogens with one attached hydrogen (secondary N) is 1. The van der Waals surface area contributed by atoms with E-state index in [1.165, 1.54) is 27.2 Å². The number of anilines is 1. The van der Waals surface area contributed by atoms with E-state index in [-0.39, 0.29) is 17.6 Å². The second kappa shape index (κ2) is 11.2. The summed E-state index contributed by atoms with van der Waals surface area (Å²) in [6, 6.07) is 8.57. The number of benzene rings is 2. The Morgan fingerprint density at radius 2 is 1.51 bits per heavy atom. The lowest BCUT2D eigenvalue weighted by molar-refractivity contribution is -0.134. The predicted octanol–water partition coefficient (Wildman–Crippen LogP) is 3.15. The number of Topliss-reactive ketones (excluding diaryl/α,β-unsaturated/α-hetero) is 1. The van der Waals surface area contributed by atoms with Gasteiger partial charge in [0.1, 0.15) is 23.4 Å². The van der Waals surface area contributed by atoms with Gasteiger partial charge in [-0.2, -0.15) is 0 Å². The maximum atomic E-state index is 14.6. The summed E-state index contributed by atoms with van der Waals surface area (Å²) in [7, 11) is 3.00. The lowest BCUT2D eigenvalue weighted by Crippen LogP contribution is -2.56. The highest BCUT2D eigenvalue weighted by molar-refractivity contribution is 5.98. The van der Waals surface area contributed by atoms with Crippen LogP contribution in [0.3, 0.4) is 0 Å². The zero-order chi connectivity index (χ0) is 25.7. The minimum absolute atomic E-state index is 0.145. The summed E-state index contributed by atoms with van der Waals surface area (Å²) in [4.78, 5) is 41.3. The molecule has 3 rings (SSSR count). The number of nitrogens with zero attached hydrogens (tertiary/aromatic N) is 2. The molecule has 0 radical (unpaired) electrons. The molecule has 1 N–H and O–H groups in total. The minimum Gasteiger partial charge on any atom is -0.497 e. The fourth-order valence-corrected chi connectivity index (χ4v) is 4.02. The number of methoxy groups -OCH3 is 2. The molecule has 2 aromatic rings. The van der Waals surface area contributed by atoms with Gasteiger partial charge in [0, 0.05) is 43.4 Å². The molecule has 2 amide bonds. The molecule has 188 valence electrons. The first-order valence-corrected chi connectivity index (χ1v) is 11.5. The standard InChI is InChI=1S/C26H32FN3O5/c1-16(2)24(28-25(32)19-12-20(34-4)15-21(13-19)35-5)26(33)30-10-8-29(9-11-30)23-7-6-18(17(3)31)14-22(23)27/h6-7,12-16,24H,8-11H2,1-5H3,(H,28,32)/t24-/m0/s1. The van der Waals surface area contributed by atoms with Crippen molar-refractivity contribution in [2.75, 3.05) is 45.3 Å². The Hall–Kier alpha value is -3.62.